The van der Waals surface area contributed by atoms with Gasteiger partial charge in [-0.15, -0.1) is 0 Å². The number of hydrogen-bond donors (Lipinski definition) is 2. The van der Waals surface area contributed by atoms with Gasteiger partial charge in [0.05, 0.1) is 12.7 Å². The lowest BCUT2D eigenvalue weighted by atomic mass is 10.1. The molecule has 24 heavy (non-hydrogen) atoms. The van der Waals surface area contributed by atoms with Gasteiger partial charge in [-0.25, -0.2) is 9.78 Å². The lowest BCUT2D eigenvalue weighted by Gasteiger charge is -2.17. The topological polar surface area (TPSA) is 84.1 Å². The molecule has 3 rings (SSSR count). The Morgan fingerprint density at radius 1 is 1.29 bits per heavy atom. The van der Waals surface area contributed by atoms with Crippen LogP contribution in [0.3, 0.4) is 0 Å². The van der Waals surface area contributed by atoms with Crippen molar-refractivity contribution in [2.45, 2.75) is 6.04 Å². The van der Waals surface area contributed by atoms with Crippen LogP contribution in [0.25, 0.3) is 11.0 Å². The smallest absolute Gasteiger partial charge is 0.333 e. The Balaban J connectivity index is 1.94. The fraction of sp³-hybridized carbons (Fsp3) is 0.118. The molecule has 7 heteroatoms. The predicted molar refractivity (Wildman–Crippen MR) is 89.8 cm³/mol. The van der Waals surface area contributed by atoms with E-state index in [0.29, 0.717) is 27.2 Å². The molecule has 1 unspecified atom stereocenters. The summed E-state index contributed by atoms with van der Waals surface area (Å²) in [4.78, 5) is 31.8. The number of methoxy groups -OCH3 is 1. The number of nitrogens with one attached hydrogen (secondary N) is 2. The van der Waals surface area contributed by atoms with Crippen molar-refractivity contribution < 1.29 is 14.3 Å². The molecule has 0 saturated heterocycles. The highest BCUT2D eigenvalue weighted by molar-refractivity contribution is 6.30. The zero-order chi connectivity index (χ0) is 17.1. The van der Waals surface area contributed by atoms with Crippen LogP contribution in [0, 0.1) is 0 Å². The number of carbonyl (C=O) groups excluding carboxylic acids is 2. The molecule has 1 atom stereocenters. The monoisotopic (exact) mass is 343 g/mol. The van der Waals surface area contributed by atoms with E-state index in [-0.39, 0.29) is 0 Å². The fourth-order valence-electron chi connectivity index (χ4n) is 2.45. The third kappa shape index (κ3) is 3.09. The molecular formula is C17H14ClN3O3. The minimum atomic E-state index is -0.955. The van der Waals surface area contributed by atoms with Crippen LogP contribution < -0.4 is 5.32 Å². The van der Waals surface area contributed by atoms with E-state index in [1.807, 2.05) is 0 Å². The summed E-state index contributed by atoms with van der Waals surface area (Å²) in [7, 11) is 1.27. The largest absolute Gasteiger partial charge is 0.467 e. The summed E-state index contributed by atoms with van der Waals surface area (Å²) in [5, 5.41) is 3.83. The average molecular weight is 344 g/mol. The van der Waals surface area contributed by atoms with Crippen LogP contribution in [-0.2, 0) is 9.53 Å². The highest BCUT2D eigenvalue weighted by Crippen LogP contribution is 2.21. The Morgan fingerprint density at radius 3 is 2.88 bits per heavy atom. The molecule has 1 amide bonds. The van der Waals surface area contributed by atoms with Crippen molar-refractivity contribution in [2.24, 2.45) is 0 Å². The Kier molecular flexibility index (Phi) is 4.48. The normalized spacial score (nSPS) is 11.9. The number of hydrogen-bond acceptors (Lipinski definition) is 4. The van der Waals surface area contributed by atoms with Crippen LogP contribution in [0.4, 0.5) is 0 Å². The quantitative estimate of drug-likeness (QED) is 0.713. The number of halogens is 1. The molecule has 0 fully saturated rings. The van der Waals surface area contributed by atoms with Crippen molar-refractivity contribution in [3.63, 3.8) is 0 Å². The van der Waals surface area contributed by atoms with Crippen LogP contribution in [-0.4, -0.2) is 29.0 Å². The molecule has 0 aliphatic rings. The first-order valence-corrected chi connectivity index (χ1v) is 7.54. The number of carbonyl (C=O) groups is 2. The Bertz CT molecular complexity index is 907. The van der Waals surface area contributed by atoms with Crippen LogP contribution in [0.1, 0.15) is 22.0 Å². The number of aromatic amines is 1. The van der Waals surface area contributed by atoms with Gasteiger partial charge in [0.2, 0.25) is 0 Å². The highest BCUT2D eigenvalue weighted by atomic mass is 35.5. The van der Waals surface area contributed by atoms with Gasteiger partial charge in [-0.05, 0) is 29.8 Å². The van der Waals surface area contributed by atoms with Gasteiger partial charge >= 0.3 is 5.97 Å². The molecule has 3 aromatic rings. The highest BCUT2D eigenvalue weighted by Gasteiger charge is 2.25. The summed E-state index contributed by atoms with van der Waals surface area (Å²) in [6, 6.07) is 9.10. The van der Waals surface area contributed by atoms with Crippen molar-refractivity contribution in [3.8, 4) is 0 Å². The van der Waals surface area contributed by atoms with Gasteiger partial charge < -0.3 is 15.0 Å². The van der Waals surface area contributed by atoms with E-state index in [1.165, 1.54) is 13.3 Å². The molecule has 2 aromatic heterocycles. The summed E-state index contributed by atoms with van der Waals surface area (Å²) < 4.78 is 4.80. The maximum absolute atomic E-state index is 12.7. The summed E-state index contributed by atoms with van der Waals surface area (Å²) in [5.41, 5.74) is 1.55. The van der Waals surface area contributed by atoms with Gasteiger partial charge in [0.1, 0.15) is 5.65 Å². The Labute approximate surface area is 142 Å². The molecule has 0 bridgehead atoms. The van der Waals surface area contributed by atoms with Gasteiger partial charge in [0.25, 0.3) is 5.91 Å². The van der Waals surface area contributed by atoms with Gasteiger partial charge in [-0.1, -0.05) is 23.7 Å². The number of H-pyrrole nitrogens is 1. The molecule has 0 spiro atoms. The zero-order valence-corrected chi connectivity index (χ0v) is 13.5. The first kappa shape index (κ1) is 16.0. The lowest BCUT2D eigenvalue weighted by molar-refractivity contribution is -0.143. The van der Waals surface area contributed by atoms with Crippen LogP contribution in [0.5, 0.6) is 0 Å². The molecule has 2 N–H and O–H groups in total. The SMILES string of the molecule is COC(=O)C(NC(=O)c1ccnc2[nH]ccc12)c1cccc(Cl)c1. The fourth-order valence-corrected chi connectivity index (χ4v) is 2.65. The van der Waals surface area contributed by atoms with E-state index in [4.69, 9.17) is 16.3 Å². The van der Waals surface area contributed by atoms with E-state index in [0.717, 1.165) is 0 Å². The summed E-state index contributed by atoms with van der Waals surface area (Å²) in [6.07, 6.45) is 3.23. The van der Waals surface area contributed by atoms with E-state index >= 15 is 0 Å². The number of rotatable bonds is 4. The maximum Gasteiger partial charge on any atom is 0.333 e. The number of amides is 1. The standard InChI is InChI=1S/C17H14ClN3O3/c1-24-17(23)14(10-3-2-4-11(18)9-10)21-16(22)13-6-8-20-15-12(13)5-7-19-15/h2-9,14H,1H3,(H,19,20)(H,21,22). The van der Waals surface area contributed by atoms with E-state index in [2.05, 4.69) is 15.3 Å². The average Bonchev–Trinajstić information content (AvgIpc) is 3.07. The predicted octanol–water partition coefficient (Wildman–Crippen LogP) is 2.86. The molecule has 2 heterocycles. The van der Waals surface area contributed by atoms with E-state index < -0.39 is 17.9 Å². The molecule has 0 aliphatic carbocycles. The minimum absolute atomic E-state index is 0.405. The Hall–Kier alpha value is -2.86. The summed E-state index contributed by atoms with van der Waals surface area (Å²) in [6.45, 7) is 0. The second-order valence-electron chi connectivity index (χ2n) is 5.08. The number of benzene rings is 1. The van der Waals surface area contributed by atoms with Crippen molar-refractivity contribution in [1.29, 1.82) is 0 Å². The molecule has 0 saturated carbocycles. The molecular weight excluding hydrogens is 330 g/mol. The number of nitrogens with zero attached hydrogens (tertiary/aromatic N) is 1. The van der Waals surface area contributed by atoms with Crippen LogP contribution >= 0.6 is 11.6 Å². The third-order valence-corrected chi connectivity index (χ3v) is 3.83. The van der Waals surface area contributed by atoms with Gasteiger partial charge in [-0.2, -0.15) is 0 Å². The summed E-state index contributed by atoms with van der Waals surface area (Å²) in [5.74, 6) is -0.984. The second-order valence-corrected chi connectivity index (χ2v) is 5.52. The number of pyridine rings is 1. The van der Waals surface area contributed by atoms with E-state index in [9.17, 15) is 9.59 Å². The lowest BCUT2D eigenvalue weighted by Crippen LogP contribution is -2.34. The van der Waals surface area contributed by atoms with Crippen molar-refractivity contribution >= 4 is 34.5 Å². The molecule has 122 valence electrons. The molecule has 6 nitrogen and oxygen atoms in total. The number of fused-ring (bicyclic) bond motifs is 1. The molecule has 0 aliphatic heterocycles. The van der Waals surface area contributed by atoms with Crippen molar-refractivity contribution in [1.82, 2.24) is 15.3 Å². The van der Waals surface area contributed by atoms with E-state index in [1.54, 1.807) is 42.6 Å². The second kappa shape index (κ2) is 6.72. The first-order chi connectivity index (χ1) is 11.6. The Morgan fingerprint density at radius 2 is 2.12 bits per heavy atom. The number of esters is 1. The van der Waals surface area contributed by atoms with Gasteiger partial charge in [-0.3, -0.25) is 4.79 Å². The molecule has 0 radical (unpaired) electrons. The van der Waals surface area contributed by atoms with Gasteiger partial charge in [0, 0.05) is 22.8 Å². The first-order valence-electron chi connectivity index (χ1n) is 7.16. The third-order valence-electron chi connectivity index (χ3n) is 3.60. The minimum Gasteiger partial charge on any atom is -0.467 e. The maximum atomic E-state index is 12.7. The van der Waals surface area contributed by atoms with Crippen molar-refractivity contribution in [2.75, 3.05) is 7.11 Å². The van der Waals surface area contributed by atoms with Crippen LogP contribution in [0.2, 0.25) is 5.02 Å². The number of ether oxygens (including phenoxy) is 1. The van der Waals surface area contributed by atoms with Crippen molar-refractivity contribution in [3.05, 3.63) is 64.9 Å². The number of aromatic nitrogens is 2. The molecule has 1 aromatic carbocycles. The van der Waals surface area contributed by atoms with Crippen LogP contribution in [0.15, 0.2) is 48.8 Å². The van der Waals surface area contributed by atoms with Gasteiger partial charge in [0.15, 0.2) is 6.04 Å². The zero-order valence-electron chi connectivity index (χ0n) is 12.7. The summed E-state index contributed by atoms with van der Waals surface area (Å²) >= 11 is 5.98.